The maximum atomic E-state index is 13.0. The second-order valence-corrected chi connectivity index (χ2v) is 17.3. The molecule has 6 nitrogen and oxygen atoms in total. The van der Waals surface area contributed by atoms with Crippen molar-refractivity contribution in [1.29, 1.82) is 0 Å². The van der Waals surface area contributed by atoms with E-state index in [4.69, 9.17) is 4.74 Å². The Balaban J connectivity index is 1.80. The van der Waals surface area contributed by atoms with E-state index >= 15 is 0 Å². The van der Waals surface area contributed by atoms with Crippen LogP contribution in [0.2, 0.25) is 25.7 Å². The summed E-state index contributed by atoms with van der Waals surface area (Å²) < 4.78 is 7.89. The first-order valence-corrected chi connectivity index (χ1v) is 16.9. The summed E-state index contributed by atoms with van der Waals surface area (Å²) in [5.41, 5.74) is 7.21. The summed E-state index contributed by atoms with van der Waals surface area (Å²) in [4.78, 5) is 19.8. The Hall–Kier alpha value is -2.90. The van der Waals surface area contributed by atoms with E-state index in [0.717, 1.165) is 41.7 Å². The monoisotopic (exact) mass is 520 g/mol. The minimum atomic E-state index is -1.09. The Morgan fingerprint density at radius 1 is 1.14 bits per heavy atom. The van der Waals surface area contributed by atoms with E-state index in [1.165, 1.54) is 11.1 Å². The highest BCUT2D eigenvalue weighted by atomic mass is 28.3. The number of imidazole rings is 1. The van der Waals surface area contributed by atoms with Gasteiger partial charge in [-0.1, -0.05) is 51.7 Å². The molecule has 0 fully saturated rings. The molecule has 0 radical (unpaired) electrons. The van der Waals surface area contributed by atoms with Gasteiger partial charge in [-0.05, 0) is 67.1 Å². The Morgan fingerprint density at radius 3 is 2.49 bits per heavy atom. The lowest BCUT2D eigenvalue weighted by molar-refractivity contribution is 0.0871. The number of rotatable bonds is 12. The first kappa shape index (κ1) is 28.7. The molecule has 0 spiro atoms. The summed E-state index contributed by atoms with van der Waals surface area (Å²) in [5, 5.41) is 3.17. The zero-order valence-corrected chi connectivity index (χ0v) is 24.9. The van der Waals surface area contributed by atoms with Crippen molar-refractivity contribution in [2.75, 3.05) is 23.9 Å². The summed E-state index contributed by atoms with van der Waals surface area (Å²) >= 11 is 0. The molecule has 2 aromatic carbocycles. The van der Waals surface area contributed by atoms with Crippen LogP contribution in [0.15, 0.2) is 48.9 Å². The number of ether oxygens (including phenoxy) is 1. The molecule has 7 heteroatoms. The number of amides is 1. The Kier molecular flexibility index (Phi) is 9.73. The third kappa shape index (κ3) is 8.30. The SMILES string of the molecule is Cc1c(CC(C)C)cc(NC(=O)c2ccccc2)c(C)c1N(C)Cc1cn(COCC[Si](C)(C)C)cn1. The van der Waals surface area contributed by atoms with Gasteiger partial charge in [-0.25, -0.2) is 4.98 Å². The fourth-order valence-electron chi connectivity index (χ4n) is 4.52. The highest BCUT2D eigenvalue weighted by Crippen LogP contribution is 2.35. The topological polar surface area (TPSA) is 59.4 Å². The predicted octanol–water partition coefficient (Wildman–Crippen LogP) is 6.90. The van der Waals surface area contributed by atoms with Gasteiger partial charge >= 0.3 is 0 Å². The van der Waals surface area contributed by atoms with Crippen molar-refractivity contribution in [3.63, 3.8) is 0 Å². The maximum absolute atomic E-state index is 13.0. The van der Waals surface area contributed by atoms with Crippen LogP contribution >= 0.6 is 0 Å². The molecule has 1 heterocycles. The van der Waals surface area contributed by atoms with E-state index in [-0.39, 0.29) is 5.91 Å². The maximum Gasteiger partial charge on any atom is 0.255 e. The number of nitrogens with zero attached hydrogens (tertiary/aromatic N) is 3. The molecular weight excluding hydrogens is 476 g/mol. The second-order valence-electron chi connectivity index (χ2n) is 11.7. The van der Waals surface area contributed by atoms with Crippen LogP contribution in [0.25, 0.3) is 0 Å². The van der Waals surface area contributed by atoms with Gasteiger partial charge in [-0.15, -0.1) is 0 Å². The first-order chi connectivity index (χ1) is 17.4. The Bertz CT molecular complexity index is 1180. The molecule has 3 rings (SSSR count). The van der Waals surface area contributed by atoms with Crippen molar-refractivity contribution in [2.24, 2.45) is 5.92 Å². The van der Waals surface area contributed by atoms with Crippen molar-refractivity contribution in [3.8, 4) is 0 Å². The highest BCUT2D eigenvalue weighted by molar-refractivity contribution is 6.76. The van der Waals surface area contributed by atoms with E-state index in [9.17, 15) is 4.79 Å². The molecule has 37 heavy (non-hydrogen) atoms. The molecule has 3 aromatic rings. The predicted molar refractivity (Wildman–Crippen MR) is 157 cm³/mol. The van der Waals surface area contributed by atoms with Crippen LogP contribution in [0.5, 0.6) is 0 Å². The number of benzene rings is 2. The molecule has 1 aromatic heterocycles. The minimum absolute atomic E-state index is 0.0930. The summed E-state index contributed by atoms with van der Waals surface area (Å²) in [5.74, 6) is 0.415. The van der Waals surface area contributed by atoms with E-state index in [1.54, 1.807) is 0 Å². The second kappa shape index (κ2) is 12.6. The van der Waals surface area contributed by atoms with Gasteiger partial charge in [0, 0.05) is 44.9 Å². The molecular formula is C30H44N4O2Si. The lowest BCUT2D eigenvalue weighted by Gasteiger charge is -2.27. The number of carbonyl (C=O) groups excluding carboxylic acids is 1. The molecule has 0 atom stereocenters. The van der Waals surface area contributed by atoms with Crippen LogP contribution in [0.4, 0.5) is 11.4 Å². The summed E-state index contributed by atoms with van der Waals surface area (Å²) in [6, 6.07) is 12.7. The summed E-state index contributed by atoms with van der Waals surface area (Å²) in [6.07, 6.45) is 4.86. The molecule has 0 aliphatic carbocycles. The van der Waals surface area contributed by atoms with Gasteiger partial charge in [0.2, 0.25) is 0 Å². The molecule has 1 amide bonds. The van der Waals surface area contributed by atoms with E-state index in [2.05, 4.69) is 81.8 Å². The van der Waals surface area contributed by atoms with Crippen molar-refractivity contribution in [2.45, 2.75) is 73.1 Å². The van der Waals surface area contributed by atoms with Crippen LogP contribution < -0.4 is 10.2 Å². The van der Waals surface area contributed by atoms with Gasteiger partial charge in [0.15, 0.2) is 0 Å². The normalized spacial score (nSPS) is 11.7. The van der Waals surface area contributed by atoms with Crippen molar-refractivity contribution in [3.05, 3.63) is 76.9 Å². The van der Waals surface area contributed by atoms with Gasteiger partial charge in [0.05, 0.1) is 18.6 Å². The van der Waals surface area contributed by atoms with Gasteiger partial charge in [0.1, 0.15) is 6.73 Å². The van der Waals surface area contributed by atoms with Gasteiger partial charge < -0.3 is 19.5 Å². The van der Waals surface area contributed by atoms with Crippen LogP contribution in [0.1, 0.15) is 46.6 Å². The molecule has 0 bridgehead atoms. The molecule has 0 saturated carbocycles. The minimum Gasteiger partial charge on any atom is -0.368 e. The average molecular weight is 521 g/mol. The van der Waals surface area contributed by atoms with Crippen molar-refractivity contribution in [1.82, 2.24) is 9.55 Å². The standard InChI is InChI=1S/C30H44N4O2Si/c1-22(2)16-26-17-28(32-30(35)25-12-10-9-11-13-25)24(4)29(23(26)3)33(5)18-27-19-34(20-31-27)21-36-14-15-37(6,7)8/h9-13,17,19-20,22H,14-16,18,21H2,1-8H3,(H,32,35). The fraction of sp³-hybridized carbons (Fsp3) is 0.467. The van der Waals surface area contributed by atoms with Crippen LogP contribution in [0.3, 0.4) is 0 Å². The highest BCUT2D eigenvalue weighted by Gasteiger charge is 2.19. The smallest absolute Gasteiger partial charge is 0.255 e. The van der Waals surface area contributed by atoms with Gasteiger partial charge in [-0.3, -0.25) is 4.79 Å². The lowest BCUT2D eigenvalue weighted by Crippen LogP contribution is -2.22. The largest absolute Gasteiger partial charge is 0.368 e. The summed E-state index contributed by atoms with van der Waals surface area (Å²) in [7, 11) is 1.01. The van der Waals surface area contributed by atoms with Crippen LogP contribution in [-0.2, 0) is 24.4 Å². The molecule has 200 valence electrons. The molecule has 0 saturated heterocycles. The van der Waals surface area contributed by atoms with Crippen LogP contribution in [-0.4, -0.2) is 37.2 Å². The van der Waals surface area contributed by atoms with E-state index < -0.39 is 8.07 Å². The number of nitrogens with one attached hydrogen (secondary N) is 1. The number of carbonyl (C=O) groups is 1. The summed E-state index contributed by atoms with van der Waals surface area (Å²) in [6.45, 7) is 17.8. The number of hydrogen-bond acceptors (Lipinski definition) is 4. The molecule has 1 N–H and O–H groups in total. The Labute approximate surface area is 224 Å². The first-order valence-electron chi connectivity index (χ1n) is 13.2. The van der Waals surface area contributed by atoms with E-state index in [0.29, 0.717) is 24.8 Å². The number of anilines is 2. The van der Waals surface area contributed by atoms with E-state index in [1.807, 2.05) is 41.2 Å². The third-order valence-corrected chi connectivity index (χ3v) is 8.24. The van der Waals surface area contributed by atoms with Gasteiger partial charge in [0.25, 0.3) is 5.91 Å². The zero-order chi connectivity index (χ0) is 27.2. The molecule has 0 aliphatic heterocycles. The fourth-order valence-corrected chi connectivity index (χ4v) is 5.28. The number of hydrogen-bond donors (Lipinski definition) is 1. The van der Waals surface area contributed by atoms with Crippen molar-refractivity contribution >= 4 is 25.4 Å². The molecule has 0 aliphatic rings. The van der Waals surface area contributed by atoms with Crippen LogP contribution in [0, 0.1) is 19.8 Å². The quantitative estimate of drug-likeness (QED) is 0.208. The zero-order valence-electron chi connectivity index (χ0n) is 23.9. The van der Waals surface area contributed by atoms with Gasteiger partial charge in [-0.2, -0.15) is 0 Å². The average Bonchev–Trinajstić information content (AvgIpc) is 3.26. The Morgan fingerprint density at radius 2 is 1.84 bits per heavy atom. The number of aromatic nitrogens is 2. The molecule has 0 unspecified atom stereocenters. The lowest BCUT2D eigenvalue weighted by atomic mass is 9.93. The van der Waals surface area contributed by atoms with Crippen molar-refractivity contribution < 1.29 is 9.53 Å². The third-order valence-electron chi connectivity index (χ3n) is 6.53.